The molecule has 0 heterocycles. The van der Waals surface area contributed by atoms with Crippen LogP contribution < -0.4 is 5.32 Å². The number of esters is 1. The van der Waals surface area contributed by atoms with E-state index in [0.29, 0.717) is 6.42 Å². The van der Waals surface area contributed by atoms with E-state index in [9.17, 15) is 24.2 Å². The van der Waals surface area contributed by atoms with E-state index in [0.717, 1.165) is 64.2 Å². The maximum absolute atomic E-state index is 11.9. The molecule has 37 heavy (non-hydrogen) atoms. The number of aliphatic hydroxyl groups is 1. The Bertz CT molecular complexity index is 644. The first kappa shape index (κ1) is 35.8. The van der Waals surface area contributed by atoms with Crippen molar-refractivity contribution in [1.29, 1.82) is 0 Å². The Morgan fingerprint density at radius 3 is 2.14 bits per heavy atom. The van der Waals surface area contributed by atoms with Crippen LogP contribution in [0, 0.1) is 0 Å². The summed E-state index contributed by atoms with van der Waals surface area (Å²) in [7, 11) is -4.39. The summed E-state index contributed by atoms with van der Waals surface area (Å²) in [5.74, 6) is -0.540. The van der Waals surface area contributed by atoms with Crippen molar-refractivity contribution in [2.24, 2.45) is 0 Å². The number of aliphatic hydroxyl groups excluding tert-OH is 1. The van der Waals surface area contributed by atoms with Crippen LogP contribution in [0.25, 0.3) is 0 Å². The van der Waals surface area contributed by atoms with Gasteiger partial charge in [-0.25, -0.2) is 4.57 Å². The number of phosphoric acid groups is 1. The number of carbonyl (C=O) groups excluding carboxylic acids is 2. The van der Waals surface area contributed by atoms with Crippen molar-refractivity contribution in [2.75, 3.05) is 26.4 Å². The van der Waals surface area contributed by atoms with Gasteiger partial charge < -0.3 is 20.1 Å². The lowest BCUT2D eigenvalue weighted by molar-refractivity contribution is -0.147. The first-order valence-corrected chi connectivity index (χ1v) is 15.7. The Morgan fingerprint density at radius 2 is 1.43 bits per heavy atom. The van der Waals surface area contributed by atoms with Gasteiger partial charge in [-0.2, -0.15) is 0 Å². The smallest absolute Gasteiger partial charge is 0.463 e. The van der Waals surface area contributed by atoms with Crippen LogP contribution in [0.1, 0.15) is 117 Å². The van der Waals surface area contributed by atoms with Gasteiger partial charge in [0.25, 0.3) is 0 Å². The molecule has 2 atom stereocenters. The van der Waals surface area contributed by atoms with Crippen LogP contribution in [0.3, 0.4) is 0 Å². The van der Waals surface area contributed by atoms with Gasteiger partial charge in [-0.1, -0.05) is 83.8 Å². The summed E-state index contributed by atoms with van der Waals surface area (Å²) >= 11 is 0. The molecule has 0 aromatic heterocycles. The van der Waals surface area contributed by atoms with E-state index < -0.39 is 26.5 Å². The molecule has 0 fully saturated rings. The Morgan fingerprint density at radius 1 is 0.811 bits per heavy atom. The molecule has 0 aliphatic heterocycles. The van der Waals surface area contributed by atoms with Crippen molar-refractivity contribution >= 4 is 19.7 Å². The van der Waals surface area contributed by atoms with Crippen molar-refractivity contribution in [3.63, 3.8) is 0 Å². The number of nitrogens with one attached hydrogen (secondary N) is 1. The minimum absolute atomic E-state index is 0.0788. The average Bonchev–Trinajstić information content (AvgIpc) is 2.87. The molecule has 2 unspecified atom stereocenters. The van der Waals surface area contributed by atoms with Crippen LogP contribution in [0.2, 0.25) is 0 Å². The van der Waals surface area contributed by atoms with Crippen molar-refractivity contribution in [3.05, 3.63) is 12.2 Å². The largest absolute Gasteiger partial charge is 0.472 e. The van der Waals surface area contributed by atoms with E-state index >= 15 is 0 Å². The van der Waals surface area contributed by atoms with E-state index in [1.165, 1.54) is 25.7 Å². The predicted octanol–water partition coefficient (Wildman–Crippen LogP) is 5.98. The molecule has 3 N–H and O–H groups in total. The number of rotatable bonds is 26. The Kier molecular flexibility index (Phi) is 24.2. The van der Waals surface area contributed by atoms with Crippen LogP contribution in [0.15, 0.2) is 12.2 Å². The molecule has 10 heteroatoms. The number of ether oxygens (including phenoxy) is 1. The summed E-state index contributed by atoms with van der Waals surface area (Å²) in [6, 6.07) is 0. The highest BCUT2D eigenvalue weighted by atomic mass is 31.2. The summed E-state index contributed by atoms with van der Waals surface area (Å²) in [4.78, 5) is 33.2. The molecule has 0 aromatic rings. The molecular formula is C27H52NO8P. The first-order valence-electron chi connectivity index (χ1n) is 14.2. The molecule has 0 bridgehead atoms. The van der Waals surface area contributed by atoms with Gasteiger partial charge in [0.15, 0.2) is 0 Å². The lowest BCUT2D eigenvalue weighted by atomic mass is 10.1. The van der Waals surface area contributed by atoms with Gasteiger partial charge in [0, 0.05) is 19.4 Å². The van der Waals surface area contributed by atoms with Crippen LogP contribution in [0.4, 0.5) is 0 Å². The second-order valence-electron chi connectivity index (χ2n) is 9.37. The van der Waals surface area contributed by atoms with Crippen LogP contribution in [-0.2, 0) is 27.9 Å². The highest BCUT2D eigenvalue weighted by Crippen LogP contribution is 2.42. The van der Waals surface area contributed by atoms with E-state index in [1.807, 2.05) is 0 Å². The zero-order valence-corrected chi connectivity index (χ0v) is 24.1. The van der Waals surface area contributed by atoms with Gasteiger partial charge in [0.05, 0.1) is 13.2 Å². The molecule has 0 saturated carbocycles. The third kappa shape index (κ3) is 26.2. The highest BCUT2D eigenvalue weighted by molar-refractivity contribution is 7.47. The fourth-order valence-corrected chi connectivity index (χ4v) is 4.25. The number of amides is 1. The number of unbranched alkanes of at least 4 members (excludes halogenated alkanes) is 11. The number of allylic oxidation sites excluding steroid dienone is 2. The predicted molar refractivity (Wildman–Crippen MR) is 146 cm³/mol. The van der Waals surface area contributed by atoms with E-state index in [2.05, 4.69) is 31.3 Å². The fraction of sp³-hybridized carbons (Fsp3) is 0.852. The van der Waals surface area contributed by atoms with Crippen LogP contribution in [0.5, 0.6) is 0 Å². The molecule has 0 aromatic carbocycles. The highest BCUT2D eigenvalue weighted by Gasteiger charge is 2.23. The summed E-state index contributed by atoms with van der Waals surface area (Å²) in [6.07, 6.45) is 18.9. The first-order chi connectivity index (χ1) is 17.8. The summed E-state index contributed by atoms with van der Waals surface area (Å²) in [5.41, 5.74) is 0. The molecule has 1 amide bonds. The van der Waals surface area contributed by atoms with Gasteiger partial charge in [-0.05, 0) is 32.1 Å². The van der Waals surface area contributed by atoms with Gasteiger partial charge in [0.1, 0.15) is 12.7 Å². The number of hydrogen-bond donors (Lipinski definition) is 3. The Labute approximate surface area is 224 Å². The fourth-order valence-electron chi connectivity index (χ4n) is 3.50. The van der Waals surface area contributed by atoms with Crippen molar-refractivity contribution in [2.45, 2.75) is 123 Å². The van der Waals surface area contributed by atoms with Crippen molar-refractivity contribution in [3.8, 4) is 0 Å². The minimum Gasteiger partial charge on any atom is -0.463 e. The summed E-state index contributed by atoms with van der Waals surface area (Å²) < 4.78 is 26.4. The lowest BCUT2D eigenvalue weighted by Gasteiger charge is -2.15. The number of phosphoric ester groups is 1. The number of carbonyl (C=O) groups is 2. The number of hydrogen-bond acceptors (Lipinski definition) is 7. The van der Waals surface area contributed by atoms with Gasteiger partial charge in [-0.15, -0.1) is 0 Å². The van der Waals surface area contributed by atoms with Crippen LogP contribution in [-0.4, -0.2) is 54.3 Å². The standard InChI is InChI=1S/C27H52NO8P/c1-3-5-7-9-11-12-13-14-15-17-19-26(30)28-21-22-35-37(32,33)36-24-25(29)23-34-27(31)20-18-16-10-8-6-4-2/h7,9,25,29H,3-6,8,10-24H2,1-2H3,(H,28,30)(H,32,33)/b9-7-. The molecule has 0 aliphatic carbocycles. The van der Waals surface area contributed by atoms with E-state index in [4.69, 9.17) is 13.8 Å². The molecule has 0 rings (SSSR count). The topological polar surface area (TPSA) is 131 Å². The molecular weight excluding hydrogens is 497 g/mol. The summed E-state index contributed by atoms with van der Waals surface area (Å²) in [6.45, 7) is 3.36. The molecule has 0 aliphatic rings. The van der Waals surface area contributed by atoms with E-state index in [1.54, 1.807) is 0 Å². The monoisotopic (exact) mass is 549 g/mol. The normalized spacial score (nSPS) is 13.9. The molecule has 9 nitrogen and oxygen atoms in total. The Balaban J connectivity index is 3.70. The maximum Gasteiger partial charge on any atom is 0.472 e. The van der Waals surface area contributed by atoms with Gasteiger partial charge in [-0.3, -0.25) is 18.6 Å². The second-order valence-corrected chi connectivity index (χ2v) is 10.8. The maximum atomic E-state index is 11.9. The average molecular weight is 550 g/mol. The molecule has 0 saturated heterocycles. The lowest BCUT2D eigenvalue weighted by Crippen LogP contribution is -2.27. The SMILES string of the molecule is CCC/C=C\CCCCCCCC(=O)NCCOP(=O)(O)OCC(O)COC(=O)CCCCCCCC. The minimum atomic E-state index is -4.39. The zero-order valence-electron chi connectivity index (χ0n) is 23.2. The van der Waals surface area contributed by atoms with Gasteiger partial charge >= 0.3 is 13.8 Å². The third-order valence-corrected chi connectivity index (χ3v) is 6.66. The molecule has 218 valence electrons. The quantitative estimate of drug-likeness (QED) is 0.0520. The van der Waals surface area contributed by atoms with E-state index in [-0.39, 0.29) is 32.1 Å². The molecule has 0 radical (unpaired) electrons. The Hall–Kier alpha value is -1.25. The third-order valence-electron chi connectivity index (χ3n) is 5.68. The van der Waals surface area contributed by atoms with Crippen molar-refractivity contribution in [1.82, 2.24) is 5.32 Å². The van der Waals surface area contributed by atoms with Gasteiger partial charge in [0.2, 0.25) is 5.91 Å². The molecule has 0 spiro atoms. The summed E-state index contributed by atoms with van der Waals surface area (Å²) in [5, 5.41) is 12.5. The van der Waals surface area contributed by atoms with Crippen LogP contribution >= 0.6 is 7.82 Å². The zero-order chi connectivity index (χ0) is 27.6. The van der Waals surface area contributed by atoms with Crippen molar-refractivity contribution < 1.29 is 37.9 Å². The second kappa shape index (κ2) is 25.1.